The van der Waals surface area contributed by atoms with Gasteiger partial charge in [-0.25, -0.2) is 4.98 Å². The van der Waals surface area contributed by atoms with Gasteiger partial charge in [-0.15, -0.1) is 0 Å². The minimum absolute atomic E-state index is 0.395. The van der Waals surface area contributed by atoms with E-state index in [0.29, 0.717) is 16.6 Å². The fourth-order valence-electron chi connectivity index (χ4n) is 2.53. The molecule has 0 bridgehead atoms. The molecule has 7 heteroatoms. The second-order valence-corrected chi connectivity index (χ2v) is 5.05. The summed E-state index contributed by atoms with van der Waals surface area (Å²) in [4.78, 5) is 27.8. The Bertz CT molecular complexity index is 1040. The first kappa shape index (κ1) is 15.4. The normalized spacial score (nSPS) is 11.6. The highest BCUT2D eigenvalue weighted by atomic mass is 16.4. The lowest BCUT2D eigenvalue weighted by Gasteiger charge is -2.05. The summed E-state index contributed by atoms with van der Waals surface area (Å²) in [6, 6.07) is 15.9. The number of hydrogen-bond donors (Lipinski definition) is 2. The summed E-state index contributed by atoms with van der Waals surface area (Å²) in [6.45, 7) is -0.563. The number of rotatable bonds is 3. The highest BCUT2D eigenvalue weighted by Crippen LogP contribution is 2.24. The number of carboxylic acid groups (broad SMARTS) is 1. The van der Waals surface area contributed by atoms with Crippen molar-refractivity contribution in [3.63, 3.8) is 0 Å². The number of carboxylic acids is 1. The summed E-state index contributed by atoms with van der Waals surface area (Å²) in [6.07, 6.45) is 0. The van der Waals surface area contributed by atoms with Gasteiger partial charge in [0.25, 0.3) is 11.0 Å². The maximum atomic E-state index is 12.5. The molecule has 24 heavy (non-hydrogen) atoms. The molecule has 0 aliphatic heterocycles. The molecule has 1 aromatic heterocycles. The Morgan fingerprint density at radius 2 is 1.75 bits per heavy atom. The van der Waals surface area contributed by atoms with Crippen molar-refractivity contribution in [2.24, 2.45) is 5.16 Å². The summed E-state index contributed by atoms with van der Waals surface area (Å²) in [5.41, 5.74) is 0.298. The average molecular weight is 323 g/mol. The van der Waals surface area contributed by atoms with Crippen LogP contribution in [0.4, 0.5) is 0 Å². The summed E-state index contributed by atoms with van der Waals surface area (Å²) >= 11 is 0. The van der Waals surface area contributed by atoms with Gasteiger partial charge < -0.3 is 10.3 Å². The van der Waals surface area contributed by atoms with E-state index in [-0.39, 0.29) is 0 Å². The van der Waals surface area contributed by atoms with E-state index in [1.165, 1.54) is 0 Å². The van der Waals surface area contributed by atoms with E-state index < -0.39 is 23.6 Å². The molecular weight excluding hydrogens is 310 g/mol. The Kier molecular flexibility index (Phi) is 4.07. The Balaban J connectivity index is 2.55. The summed E-state index contributed by atoms with van der Waals surface area (Å²) in [5.74, 6) is -1.18. The largest absolute Gasteiger partial charge is 0.480 e. The van der Waals surface area contributed by atoms with Crippen molar-refractivity contribution in [2.75, 3.05) is 0 Å². The first-order valence-electron chi connectivity index (χ1n) is 7.11. The lowest BCUT2D eigenvalue weighted by molar-refractivity contribution is -0.137. The van der Waals surface area contributed by atoms with Crippen LogP contribution in [0.1, 0.15) is 0 Å². The molecule has 1 heterocycles. The van der Waals surface area contributed by atoms with E-state index >= 15 is 0 Å². The summed E-state index contributed by atoms with van der Waals surface area (Å²) in [5, 5.41) is 21.8. The maximum absolute atomic E-state index is 12.5. The van der Waals surface area contributed by atoms with Crippen LogP contribution >= 0.6 is 0 Å². The Labute approximate surface area is 135 Å². The van der Waals surface area contributed by atoms with Crippen LogP contribution in [-0.2, 0) is 11.3 Å². The minimum atomic E-state index is -1.18. The van der Waals surface area contributed by atoms with E-state index in [1.807, 2.05) is 30.3 Å². The summed E-state index contributed by atoms with van der Waals surface area (Å²) in [7, 11) is 0. The van der Waals surface area contributed by atoms with Gasteiger partial charge in [0.15, 0.2) is 0 Å². The second-order valence-electron chi connectivity index (χ2n) is 5.05. The SMILES string of the molecule is O=C(O)Cn1c(=O)/c(=N/O)nc(-c2ccccc2)c2ccccc21. The van der Waals surface area contributed by atoms with Crippen LogP contribution in [0.2, 0.25) is 0 Å². The number of aromatic nitrogens is 2. The monoisotopic (exact) mass is 323 g/mol. The van der Waals surface area contributed by atoms with Gasteiger partial charge in [0, 0.05) is 10.9 Å². The van der Waals surface area contributed by atoms with Crippen LogP contribution in [-0.4, -0.2) is 25.8 Å². The van der Waals surface area contributed by atoms with Crippen LogP contribution < -0.4 is 11.0 Å². The molecule has 0 fully saturated rings. The molecule has 3 aromatic rings. The molecule has 2 N–H and O–H groups in total. The highest BCUT2D eigenvalue weighted by molar-refractivity contribution is 5.92. The van der Waals surface area contributed by atoms with Crippen molar-refractivity contribution in [1.82, 2.24) is 9.55 Å². The number of carbonyl (C=O) groups is 1. The van der Waals surface area contributed by atoms with Crippen molar-refractivity contribution < 1.29 is 15.1 Å². The van der Waals surface area contributed by atoms with E-state index in [9.17, 15) is 9.59 Å². The van der Waals surface area contributed by atoms with Gasteiger partial charge >= 0.3 is 5.97 Å². The molecule has 0 amide bonds. The first-order valence-corrected chi connectivity index (χ1v) is 7.11. The third-order valence-corrected chi connectivity index (χ3v) is 3.54. The fourth-order valence-corrected chi connectivity index (χ4v) is 2.53. The quantitative estimate of drug-likeness (QED) is 0.560. The molecule has 3 rings (SSSR count). The predicted molar refractivity (Wildman–Crippen MR) is 86.4 cm³/mol. The topological polar surface area (TPSA) is 105 Å². The van der Waals surface area contributed by atoms with Crippen molar-refractivity contribution in [2.45, 2.75) is 6.54 Å². The second kappa shape index (κ2) is 6.33. The van der Waals surface area contributed by atoms with Gasteiger partial charge in [-0.3, -0.25) is 14.2 Å². The van der Waals surface area contributed by atoms with Crippen molar-refractivity contribution in [3.8, 4) is 11.3 Å². The highest BCUT2D eigenvalue weighted by Gasteiger charge is 2.13. The molecule has 0 saturated carbocycles. The zero-order valence-corrected chi connectivity index (χ0v) is 12.5. The van der Waals surface area contributed by atoms with Gasteiger partial charge in [0.1, 0.15) is 6.54 Å². The van der Waals surface area contributed by atoms with Gasteiger partial charge in [0.2, 0.25) is 0 Å². The Morgan fingerprint density at radius 1 is 1.08 bits per heavy atom. The third kappa shape index (κ3) is 2.74. The van der Waals surface area contributed by atoms with Gasteiger partial charge in [-0.05, 0) is 6.07 Å². The Morgan fingerprint density at radius 3 is 2.42 bits per heavy atom. The summed E-state index contributed by atoms with van der Waals surface area (Å²) < 4.78 is 1.03. The average Bonchev–Trinajstić information content (AvgIpc) is 2.71. The van der Waals surface area contributed by atoms with Gasteiger partial charge in [-0.1, -0.05) is 53.7 Å². The fraction of sp³-hybridized carbons (Fsp3) is 0.0588. The molecule has 0 spiro atoms. The molecule has 0 unspecified atom stereocenters. The van der Waals surface area contributed by atoms with E-state index in [1.54, 1.807) is 24.3 Å². The van der Waals surface area contributed by atoms with E-state index in [4.69, 9.17) is 10.3 Å². The number of para-hydroxylation sites is 1. The third-order valence-electron chi connectivity index (χ3n) is 3.54. The van der Waals surface area contributed by atoms with Gasteiger partial charge in [0.05, 0.1) is 11.2 Å². The van der Waals surface area contributed by atoms with Crippen LogP contribution in [0.25, 0.3) is 22.2 Å². The zero-order chi connectivity index (χ0) is 17.1. The molecule has 0 aliphatic carbocycles. The minimum Gasteiger partial charge on any atom is -0.480 e. The number of hydrogen-bond acceptors (Lipinski definition) is 5. The molecule has 0 saturated heterocycles. The molecule has 0 aliphatic rings. The molecule has 120 valence electrons. The lowest BCUT2D eigenvalue weighted by atomic mass is 10.1. The molecule has 0 atom stereocenters. The predicted octanol–water partition coefficient (Wildman–Crippen LogP) is 1.44. The number of nitrogens with zero attached hydrogens (tertiary/aromatic N) is 3. The number of fused-ring (bicyclic) bond motifs is 1. The molecule has 7 nitrogen and oxygen atoms in total. The number of aliphatic carboxylic acids is 1. The zero-order valence-electron chi connectivity index (χ0n) is 12.5. The maximum Gasteiger partial charge on any atom is 0.323 e. The van der Waals surface area contributed by atoms with Crippen LogP contribution in [0, 0.1) is 0 Å². The van der Waals surface area contributed by atoms with Crippen molar-refractivity contribution in [1.29, 1.82) is 0 Å². The molecule has 2 aromatic carbocycles. The Hall–Kier alpha value is -3.48. The molecular formula is C17H13N3O4. The first-order chi connectivity index (χ1) is 11.6. The van der Waals surface area contributed by atoms with E-state index in [0.717, 1.165) is 10.1 Å². The molecule has 0 radical (unpaired) electrons. The number of benzene rings is 2. The van der Waals surface area contributed by atoms with Gasteiger partial charge in [-0.2, -0.15) is 0 Å². The van der Waals surface area contributed by atoms with Crippen LogP contribution in [0.15, 0.2) is 64.5 Å². The van der Waals surface area contributed by atoms with Crippen LogP contribution in [0.5, 0.6) is 0 Å². The smallest absolute Gasteiger partial charge is 0.323 e. The lowest BCUT2D eigenvalue weighted by Crippen LogP contribution is -2.35. The van der Waals surface area contributed by atoms with Crippen molar-refractivity contribution >= 4 is 16.9 Å². The standard InChI is InChI=1S/C17H13N3O4/c21-14(22)10-20-13-9-5-4-8-12(13)15(11-6-2-1-3-7-11)18-16(19-24)17(20)23/h1-9,24H,10H2,(H,21,22)/b19-16-. The van der Waals surface area contributed by atoms with Crippen molar-refractivity contribution in [3.05, 3.63) is 70.4 Å². The van der Waals surface area contributed by atoms with Crippen LogP contribution in [0.3, 0.4) is 0 Å². The van der Waals surface area contributed by atoms with E-state index in [2.05, 4.69) is 10.1 Å².